The summed E-state index contributed by atoms with van der Waals surface area (Å²) in [4.78, 5) is 30.2. The topological polar surface area (TPSA) is 76.6 Å². The number of ether oxygens (including phenoxy) is 2. The first-order chi connectivity index (χ1) is 14.7. The number of methoxy groups -OCH3 is 1. The van der Waals surface area contributed by atoms with Gasteiger partial charge in [-0.25, -0.2) is 4.79 Å². The van der Waals surface area contributed by atoms with E-state index in [1.165, 1.54) is 4.57 Å². The molecule has 0 radical (unpaired) electrons. The molecule has 2 heterocycles. The first-order valence-corrected chi connectivity index (χ1v) is 11.1. The van der Waals surface area contributed by atoms with Crippen LogP contribution in [0.15, 0.2) is 29.1 Å². The van der Waals surface area contributed by atoms with Gasteiger partial charge in [-0.15, -0.1) is 0 Å². The molecule has 7 nitrogen and oxygen atoms in total. The van der Waals surface area contributed by atoms with E-state index in [4.69, 9.17) is 21.7 Å². The highest BCUT2D eigenvalue weighted by atomic mass is 32.1. The van der Waals surface area contributed by atoms with Gasteiger partial charge in [0.05, 0.1) is 24.9 Å². The number of H-pyrrole nitrogens is 1. The number of nitrogens with zero attached hydrogens (tertiary/aromatic N) is 2. The summed E-state index contributed by atoms with van der Waals surface area (Å²) >= 11 is 5.39. The molecule has 0 saturated heterocycles. The van der Waals surface area contributed by atoms with E-state index < -0.39 is 11.7 Å². The molecule has 1 aliphatic heterocycles. The highest BCUT2D eigenvalue weighted by Gasteiger charge is 2.28. The van der Waals surface area contributed by atoms with Crippen molar-refractivity contribution in [3.05, 3.63) is 50.6 Å². The average molecular weight is 450 g/mol. The quantitative estimate of drug-likeness (QED) is 0.634. The summed E-state index contributed by atoms with van der Waals surface area (Å²) < 4.78 is 12.4. The summed E-state index contributed by atoms with van der Waals surface area (Å²) in [6.45, 7) is 14.1. The summed E-state index contributed by atoms with van der Waals surface area (Å²) in [6, 6.07) is 7.07. The minimum atomic E-state index is -0.586. The largest absolute Gasteiger partial charge is 0.497 e. The second kappa shape index (κ2) is 11.7. The minimum absolute atomic E-state index is 0.186. The Balaban J connectivity index is 0.00000113. The molecule has 0 bridgehead atoms. The number of aromatic amines is 1. The monoisotopic (exact) mass is 449 g/mol. The predicted octanol–water partition coefficient (Wildman–Crippen LogP) is 5.25. The van der Waals surface area contributed by atoms with Crippen LogP contribution in [0.2, 0.25) is 0 Å². The number of fused-ring (bicyclic) bond motifs is 1. The van der Waals surface area contributed by atoms with Crippen LogP contribution < -0.4 is 10.3 Å². The normalized spacial score (nSPS) is 12.5. The highest BCUT2D eigenvalue weighted by Crippen LogP contribution is 2.19. The van der Waals surface area contributed by atoms with Crippen LogP contribution in [0.25, 0.3) is 5.69 Å². The molecule has 0 atom stereocenters. The van der Waals surface area contributed by atoms with Gasteiger partial charge in [-0.2, -0.15) is 0 Å². The molecule has 0 fully saturated rings. The molecular weight excluding hydrogens is 414 g/mol. The number of carbonyl (C=O) groups excluding carboxylic acids is 1. The fourth-order valence-electron chi connectivity index (χ4n) is 2.96. The van der Waals surface area contributed by atoms with E-state index in [1.54, 1.807) is 36.3 Å². The lowest BCUT2D eigenvalue weighted by atomic mass is 10.1. The molecular formula is C23H35N3O4S. The third-order valence-electron chi connectivity index (χ3n) is 4.25. The molecule has 1 N–H and O–H groups in total. The van der Waals surface area contributed by atoms with Gasteiger partial charge in [-0.05, 0) is 57.3 Å². The first-order valence-electron chi connectivity index (χ1n) is 10.7. The van der Waals surface area contributed by atoms with E-state index in [0.29, 0.717) is 34.7 Å². The van der Waals surface area contributed by atoms with Crippen LogP contribution in [0.4, 0.5) is 4.79 Å². The number of amides is 1. The number of hydrogen-bond acceptors (Lipinski definition) is 5. The summed E-state index contributed by atoms with van der Waals surface area (Å²) in [6.07, 6.45) is 0.0997. The SMILES string of the molecule is CC.CC.COc1ccc(-n2c(=S)[nH]c3c(c2=O)CN(C(=O)OC(C)(C)C)CC3)cc1. The molecule has 1 amide bonds. The molecule has 8 heteroatoms. The van der Waals surface area contributed by atoms with Crippen molar-refractivity contribution < 1.29 is 14.3 Å². The smallest absolute Gasteiger partial charge is 0.410 e. The molecule has 31 heavy (non-hydrogen) atoms. The Morgan fingerprint density at radius 2 is 1.68 bits per heavy atom. The van der Waals surface area contributed by atoms with Crippen LogP contribution in [0, 0.1) is 4.77 Å². The average Bonchev–Trinajstić information content (AvgIpc) is 2.75. The van der Waals surface area contributed by atoms with Crippen molar-refractivity contribution in [1.82, 2.24) is 14.5 Å². The van der Waals surface area contributed by atoms with Gasteiger partial charge in [0.15, 0.2) is 4.77 Å². The molecule has 0 saturated carbocycles. The van der Waals surface area contributed by atoms with Gasteiger partial charge < -0.3 is 19.4 Å². The molecule has 0 unspecified atom stereocenters. The van der Waals surface area contributed by atoms with Crippen LogP contribution >= 0.6 is 12.2 Å². The van der Waals surface area contributed by atoms with Gasteiger partial charge in [0.1, 0.15) is 11.4 Å². The van der Waals surface area contributed by atoms with Crippen molar-refractivity contribution in [3.63, 3.8) is 0 Å². The number of hydrogen-bond donors (Lipinski definition) is 1. The molecule has 1 aromatic carbocycles. The molecule has 0 spiro atoms. The third kappa shape index (κ3) is 6.69. The van der Waals surface area contributed by atoms with Crippen molar-refractivity contribution in [2.45, 2.75) is 67.0 Å². The second-order valence-corrected chi connectivity index (χ2v) is 7.76. The predicted molar refractivity (Wildman–Crippen MR) is 127 cm³/mol. The summed E-state index contributed by atoms with van der Waals surface area (Å²) in [5, 5.41) is 0. The number of benzene rings is 1. The van der Waals surface area contributed by atoms with Crippen LogP contribution in [0.1, 0.15) is 59.7 Å². The summed E-state index contributed by atoms with van der Waals surface area (Å²) in [5.74, 6) is 0.691. The van der Waals surface area contributed by atoms with E-state index >= 15 is 0 Å². The van der Waals surface area contributed by atoms with Crippen LogP contribution in [-0.4, -0.2) is 39.8 Å². The Bertz CT molecular complexity index is 972. The van der Waals surface area contributed by atoms with E-state index in [1.807, 2.05) is 48.5 Å². The van der Waals surface area contributed by atoms with Gasteiger partial charge in [0.25, 0.3) is 5.56 Å². The summed E-state index contributed by atoms with van der Waals surface area (Å²) in [7, 11) is 1.58. The lowest BCUT2D eigenvalue weighted by Gasteiger charge is -2.31. The van der Waals surface area contributed by atoms with Gasteiger partial charge in [0.2, 0.25) is 0 Å². The Hall–Kier alpha value is -2.61. The van der Waals surface area contributed by atoms with E-state index in [9.17, 15) is 9.59 Å². The number of aromatic nitrogens is 2. The van der Waals surface area contributed by atoms with Crippen LogP contribution in [-0.2, 0) is 17.7 Å². The molecule has 1 aromatic heterocycles. The van der Waals surface area contributed by atoms with Crippen LogP contribution in [0.5, 0.6) is 5.75 Å². The van der Waals surface area contributed by atoms with Gasteiger partial charge in [0, 0.05) is 18.7 Å². The van der Waals surface area contributed by atoms with Crippen molar-refractivity contribution in [2.24, 2.45) is 0 Å². The zero-order chi connectivity index (χ0) is 23.8. The maximum absolute atomic E-state index is 13.1. The Morgan fingerprint density at radius 1 is 1.10 bits per heavy atom. The first kappa shape index (κ1) is 26.4. The molecule has 3 rings (SSSR count). The molecule has 172 valence electrons. The van der Waals surface area contributed by atoms with E-state index in [2.05, 4.69) is 4.98 Å². The van der Waals surface area contributed by atoms with Crippen molar-refractivity contribution >= 4 is 18.3 Å². The van der Waals surface area contributed by atoms with Crippen molar-refractivity contribution in [2.75, 3.05) is 13.7 Å². The van der Waals surface area contributed by atoms with Gasteiger partial charge in [-0.3, -0.25) is 9.36 Å². The Morgan fingerprint density at radius 3 is 2.19 bits per heavy atom. The zero-order valence-electron chi connectivity index (χ0n) is 19.9. The maximum atomic E-state index is 13.1. The minimum Gasteiger partial charge on any atom is -0.497 e. The zero-order valence-corrected chi connectivity index (χ0v) is 20.7. The van der Waals surface area contributed by atoms with E-state index in [-0.39, 0.29) is 12.1 Å². The van der Waals surface area contributed by atoms with Gasteiger partial charge >= 0.3 is 6.09 Å². The molecule has 2 aromatic rings. The third-order valence-corrected chi connectivity index (χ3v) is 4.53. The lowest BCUT2D eigenvalue weighted by molar-refractivity contribution is 0.0221. The highest BCUT2D eigenvalue weighted by molar-refractivity contribution is 7.71. The Labute approximate surface area is 190 Å². The Kier molecular flexibility index (Phi) is 9.97. The number of nitrogens with one attached hydrogen (secondary N) is 1. The van der Waals surface area contributed by atoms with Crippen molar-refractivity contribution in [1.29, 1.82) is 0 Å². The van der Waals surface area contributed by atoms with Crippen LogP contribution in [0.3, 0.4) is 0 Å². The van der Waals surface area contributed by atoms with E-state index in [0.717, 1.165) is 5.69 Å². The summed E-state index contributed by atoms with van der Waals surface area (Å²) in [5.41, 5.74) is 1.12. The number of carbonyl (C=O) groups is 1. The standard InChI is InChI=1S/C19H23N3O4S.2C2H6/c1-19(2,3)26-18(24)21-10-9-15-14(11-21)16(23)22(17(27)20-15)12-5-7-13(25-4)8-6-12;2*1-2/h5-8H,9-11H2,1-4H3,(H,20,27);2*1-2H3. The molecule has 0 aliphatic carbocycles. The second-order valence-electron chi connectivity index (χ2n) is 7.38. The fraction of sp³-hybridized carbons (Fsp3) is 0.522. The molecule has 1 aliphatic rings. The van der Waals surface area contributed by atoms with Gasteiger partial charge in [-0.1, -0.05) is 27.7 Å². The fourth-order valence-corrected chi connectivity index (χ4v) is 3.27. The lowest BCUT2D eigenvalue weighted by Crippen LogP contribution is -2.43. The number of rotatable bonds is 2. The van der Waals surface area contributed by atoms with Crippen molar-refractivity contribution in [3.8, 4) is 11.4 Å². The maximum Gasteiger partial charge on any atom is 0.410 e.